The molecule has 1 saturated heterocycles. The van der Waals surface area contributed by atoms with Gasteiger partial charge >= 0.3 is 0 Å². The van der Waals surface area contributed by atoms with E-state index in [1.807, 2.05) is 38.1 Å². The summed E-state index contributed by atoms with van der Waals surface area (Å²) in [5.74, 6) is -0.141. The highest BCUT2D eigenvalue weighted by Gasteiger charge is 2.28. The van der Waals surface area contributed by atoms with Crippen molar-refractivity contribution in [3.63, 3.8) is 0 Å². The SMILES string of the molecule is COc1cc(C(=O)N2CC(=O)N[C@H](C)C2)cc(NC(=O)Cc2ccccc2C)c1OC. The molecule has 2 N–H and O–H groups in total. The van der Waals surface area contributed by atoms with Crippen LogP contribution in [0.5, 0.6) is 11.5 Å². The summed E-state index contributed by atoms with van der Waals surface area (Å²) in [7, 11) is 2.93. The molecule has 1 aliphatic heterocycles. The van der Waals surface area contributed by atoms with E-state index < -0.39 is 0 Å². The van der Waals surface area contributed by atoms with Crippen LogP contribution in [0.25, 0.3) is 0 Å². The second kappa shape index (κ2) is 9.51. The van der Waals surface area contributed by atoms with Gasteiger partial charge in [0.2, 0.25) is 11.8 Å². The Morgan fingerprint density at radius 3 is 2.58 bits per heavy atom. The minimum atomic E-state index is -0.322. The third kappa shape index (κ3) is 5.14. The number of piperazine rings is 1. The standard InChI is InChI=1S/C23H27N3O5/c1-14-7-5-6-8-16(14)11-20(27)25-18-9-17(10-19(30-3)22(18)31-4)23(29)26-12-15(2)24-21(28)13-26/h5-10,15H,11-13H2,1-4H3,(H,24,28)(H,25,27)/t15-/m1/s1. The predicted molar refractivity (Wildman–Crippen MR) is 117 cm³/mol. The number of aryl methyl sites for hydroxylation is 1. The summed E-state index contributed by atoms with van der Waals surface area (Å²) in [5, 5.41) is 5.62. The van der Waals surface area contributed by atoms with Crippen LogP contribution in [-0.2, 0) is 16.0 Å². The third-order valence-corrected chi connectivity index (χ3v) is 5.14. The normalized spacial score (nSPS) is 15.8. The van der Waals surface area contributed by atoms with Crippen LogP contribution in [0.1, 0.15) is 28.4 Å². The smallest absolute Gasteiger partial charge is 0.254 e. The molecular formula is C23H27N3O5. The number of nitrogens with zero attached hydrogens (tertiary/aromatic N) is 1. The Hall–Kier alpha value is -3.55. The van der Waals surface area contributed by atoms with Crippen molar-refractivity contribution in [3.8, 4) is 11.5 Å². The molecule has 0 aromatic heterocycles. The predicted octanol–water partition coefficient (Wildman–Crippen LogP) is 2.15. The third-order valence-electron chi connectivity index (χ3n) is 5.14. The largest absolute Gasteiger partial charge is 0.493 e. The molecule has 8 nitrogen and oxygen atoms in total. The first kappa shape index (κ1) is 22.1. The molecule has 0 spiro atoms. The van der Waals surface area contributed by atoms with E-state index in [1.54, 1.807) is 12.1 Å². The van der Waals surface area contributed by atoms with Crippen molar-refractivity contribution in [2.75, 3.05) is 32.6 Å². The minimum absolute atomic E-state index is 0.0213. The van der Waals surface area contributed by atoms with E-state index in [9.17, 15) is 14.4 Å². The van der Waals surface area contributed by atoms with Crippen LogP contribution < -0.4 is 20.1 Å². The van der Waals surface area contributed by atoms with Gasteiger partial charge in [-0.25, -0.2) is 0 Å². The monoisotopic (exact) mass is 425 g/mol. The van der Waals surface area contributed by atoms with Crippen molar-refractivity contribution in [2.45, 2.75) is 26.3 Å². The molecule has 1 atom stereocenters. The molecule has 0 aliphatic carbocycles. The van der Waals surface area contributed by atoms with Crippen LogP contribution in [-0.4, -0.2) is 56.0 Å². The van der Waals surface area contributed by atoms with Crippen molar-refractivity contribution < 1.29 is 23.9 Å². The number of ether oxygens (including phenoxy) is 2. The molecule has 1 aliphatic rings. The Labute approximate surface area is 181 Å². The number of benzene rings is 2. The molecule has 3 rings (SSSR count). The zero-order valence-electron chi connectivity index (χ0n) is 18.2. The van der Waals surface area contributed by atoms with Gasteiger partial charge in [0.15, 0.2) is 11.5 Å². The van der Waals surface area contributed by atoms with Crippen molar-refractivity contribution in [1.82, 2.24) is 10.2 Å². The molecule has 31 heavy (non-hydrogen) atoms. The van der Waals surface area contributed by atoms with E-state index in [0.29, 0.717) is 29.3 Å². The lowest BCUT2D eigenvalue weighted by Gasteiger charge is -2.31. The van der Waals surface area contributed by atoms with Crippen molar-refractivity contribution in [3.05, 3.63) is 53.1 Å². The molecular weight excluding hydrogens is 398 g/mol. The number of rotatable bonds is 6. The van der Waals surface area contributed by atoms with Crippen molar-refractivity contribution >= 4 is 23.4 Å². The van der Waals surface area contributed by atoms with Crippen LogP contribution in [0.3, 0.4) is 0 Å². The van der Waals surface area contributed by atoms with E-state index in [0.717, 1.165) is 11.1 Å². The van der Waals surface area contributed by atoms with Crippen LogP contribution >= 0.6 is 0 Å². The van der Waals surface area contributed by atoms with E-state index >= 15 is 0 Å². The van der Waals surface area contributed by atoms with Crippen molar-refractivity contribution in [2.24, 2.45) is 0 Å². The summed E-state index contributed by atoms with van der Waals surface area (Å²) < 4.78 is 10.8. The van der Waals surface area contributed by atoms with E-state index in [1.165, 1.54) is 19.1 Å². The number of hydrogen-bond donors (Lipinski definition) is 2. The van der Waals surface area contributed by atoms with Crippen molar-refractivity contribution in [1.29, 1.82) is 0 Å². The fraction of sp³-hybridized carbons (Fsp3) is 0.348. The summed E-state index contributed by atoms with van der Waals surface area (Å²) in [4.78, 5) is 39.1. The van der Waals surface area contributed by atoms with Gasteiger partial charge in [-0.2, -0.15) is 0 Å². The van der Waals surface area contributed by atoms with E-state index in [2.05, 4.69) is 10.6 Å². The topological polar surface area (TPSA) is 97.0 Å². The Bertz CT molecular complexity index is 1000. The molecule has 0 radical (unpaired) electrons. The van der Waals surface area contributed by atoms with Gasteiger partial charge in [-0.3, -0.25) is 14.4 Å². The van der Waals surface area contributed by atoms with Crippen LogP contribution in [0.4, 0.5) is 5.69 Å². The highest BCUT2D eigenvalue weighted by atomic mass is 16.5. The molecule has 0 bridgehead atoms. The lowest BCUT2D eigenvalue weighted by molar-refractivity contribution is -0.124. The Morgan fingerprint density at radius 2 is 1.94 bits per heavy atom. The first-order valence-electron chi connectivity index (χ1n) is 10.0. The molecule has 0 unspecified atom stereocenters. The molecule has 3 amide bonds. The zero-order chi connectivity index (χ0) is 22.5. The quantitative estimate of drug-likeness (QED) is 0.739. The number of carbonyl (C=O) groups is 3. The molecule has 1 fully saturated rings. The Balaban J connectivity index is 1.88. The first-order valence-corrected chi connectivity index (χ1v) is 10.0. The highest BCUT2D eigenvalue weighted by molar-refractivity contribution is 6.01. The lowest BCUT2D eigenvalue weighted by Crippen LogP contribution is -2.54. The average Bonchev–Trinajstić information content (AvgIpc) is 2.73. The molecule has 164 valence electrons. The number of methoxy groups -OCH3 is 2. The van der Waals surface area contributed by atoms with Gasteiger partial charge in [-0.05, 0) is 37.1 Å². The number of amides is 3. The van der Waals surface area contributed by atoms with Gasteiger partial charge in [0.05, 0.1) is 32.9 Å². The number of carbonyl (C=O) groups excluding carboxylic acids is 3. The zero-order valence-corrected chi connectivity index (χ0v) is 18.2. The van der Waals surface area contributed by atoms with E-state index in [-0.39, 0.29) is 36.7 Å². The second-order valence-corrected chi connectivity index (χ2v) is 7.56. The number of anilines is 1. The molecule has 8 heteroatoms. The van der Waals surface area contributed by atoms with Gasteiger partial charge in [-0.1, -0.05) is 24.3 Å². The molecule has 2 aromatic carbocycles. The summed E-state index contributed by atoms with van der Waals surface area (Å²) >= 11 is 0. The van der Waals surface area contributed by atoms with Gasteiger partial charge in [-0.15, -0.1) is 0 Å². The van der Waals surface area contributed by atoms with Gasteiger partial charge in [0, 0.05) is 18.2 Å². The fourth-order valence-corrected chi connectivity index (χ4v) is 3.63. The molecule has 0 saturated carbocycles. The molecule has 1 heterocycles. The summed E-state index contributed by atoms with van der Waals surface area (Å²) in [6, 6.07) is 10.6. The van der Waals surface area contributed by atoms with Crippen LogP contribution in [0.2, 0.25) is 0 Å². The molecule has 2 aromatic rings. The summed E-state index contributed by atoms with van der Waals surface area (Å²) in [6.07, 6.45) is 0.181. The van der Waals surface area contributed by atoms with Gasteiger partial charge in [0.25, 0.3) is 5.91 Å². The number of hydrogen-bond acceptors (Lipinski definition) is 5. The van der Waals surface area contributed by atoms with Crippen LogP contribution in [0.15, 0.2) is 36.4 Å². The maximum atomic E-state index is 13.1. The summed E-state index contributed by atoms with van der Waals surface area (Å²) in [5.41, 5.74) is 2.55. The van der Waals surface area contributed by atoms with Crippen LogP contribution in [0, 0.1) is 6.92 Å². The number of nitrogens with one attached hydrogen (secondary N) is 2. The van der Waals surface area contributed by atoms with Gasteiger partial charge in [0.1, 0.15) is 0 Å². The maximum Gasteiger partial charge on any atom is 0.254 e. The minimum Gasteiger partial charge on any atom is -0.493 e. The highest BCUT2D eigenvalue weighted by Crippen LogP contribution is 2.37. The second-order valence-electron chi connectivity index (χ2n) is 7.56. The van der Waals surface area contributed by atoms with Gasteiger partial charge < -0.3 is 25.0 Å². The fourth-order valence-electron chi connectivity index (χ4n) is 3.63. The first-order chi connectivity index (χ1) is 14.8. The Kier molecular flexibility index (Phi) is 6.79. The summed E-state index contributed by atoms with van der Waals surface area (Å²) in [6.45, 7) is 4.16. The lowest BCUT2D eigenvalue weighted by atomic mass is 10.1. The van der Waals surface area contributed by atoms with E-state index in [4.69, 9.17) is 9.47 Å². The average molecular weight is 425 g/mol. The maximum absolute atomic E-state index is 13.1. The Morgan fingerprint density at radius 1 is 1.19 bits per heavy atom.